The molecule has 0 aromatic carbocycles. The molecule has 0 radical (unpaired) electrons. The maximum absolute atomic E-state index is 9.43. The first-order valence-electron chi connectivity index (χ1n) is 7.23. The molecule has 0 amide bonds. The van der Waals surface area contributed by atoms with Crippen LogP contribution < -0.4 is 0 Å². The molecule has 2 aliphatic rings. The van der Waals surface area contributed by atoms with Crippen LogP contribution in [-0.2, 0) is 4.74 Å². The Hall–Kier alpha value is -0.160. The fourth-order valence-electron chi connectivity index (χ4n) is 3.15. The molecule has 2 heterocycles. The first kappa shape index (κ1) is 14.3. The van der Waals surface area contributed by atoms with E-state index in [9.17, 15) is 5.11 Å². The molecule has 2 fully saturated rings. The lowest BCUT2D eigenvalue weighted by molar-refractivity contribution is -0.146. The summed E-state index contributed by atoms with van der Waals surface area (Å²) in [5, 5.41) is 9.43. The van der Waals surface area contributed by atoms with Gasteiger partial charge in [-0.15, -0.1) is 0 Å². The van der Waals surface area contributed by atoms with Crippen LogP contribution in [0.4, 0.5) is 0 Å². The third-order valence-electron chi connectivity index (χ3n) is 4.52. The molecule has 106 valence electrons. The fourth-order valence-corrected chi connectivity index (χ4v) is 3.15. The summed E-state index contributed by atoms with van der Waals surface area (Å²) in [6.45, 7) is 5.02. The molecule has 0 aromatic heterocycles. The molecule has 1 N–H and O–H groups in total. The van der Waals surface area contributed by atoms with E-state index < -0.39 is 0 Å². The van der Waals surface area contributed by atoms with Gasteiger partial charge >= 0.3 is 0 Å². The van der Waals surface area contributed by atoms with Crippen molar-refractivity contribution in [2.45, 2.75) is 31.7 Å². The van der Waals surface area contributed by atoms with Gasteiger partial charge in [0.15, 0.2) is 0 Å². The van der Waals surface area contributed by atoms with Gasteiger partial charge < -0.3 is 19.6 Å². The normalized spacial score (nSPS) is 28.3. The van der Waals surface area contributed by atoms with Gasteiger partial charge in [0.1, 0.15) is 0 Å². The summed E-state index contributed by atoms with van der Waals surface area (Å²) in [6, 6.07) is 0.754. The molecular formula is C14H28N2O2. The van der Waals surface area contributed by atoms with Crippen LogP contribution in [0.15, 0.2) is 0 Å². The Bertz CT molecular complexity index is 251. The van der Waals surface area contributed by atoms with Gasteiger partial charge in [-0.3, -0.25) is 0 Å². The standard InChI is InChI=1S/C14H28N2O2/c1-15(9-14(10-17)11-18-12-14)8-6-13-5-3-4-7-16(13)2/h13,17H,3-12H2,1-2H3. The van der Waals surface area contributed by atoms with Gasteiger partial charge in [0.25, 0.3) is 0 Å². The van der Waals surface area contributed by atoms with Crippen LogP contribution in [-0.4, -0.2) is 74.5 Å². The van der Waals surface area contributed by atoms with Gasteiger partial charge in [0, 0.05) is 12.6 Å². The number of piperidine rings is 1. The molecule has 0 spiro atoms. The number of hydrogen-bond donors (Lipinski definition) is 1. The minimum atomic E-state index is 0.0210. The maximum Gasteiger partial charge on any atom is 0.0579 e. The van der Waals surface area contributed by atoms with Crippen molar-refractivity contribution in [3.05, 3.63) is 0 Å². The van der Waals surface area contributed by atoms with E-state index in [4.69, 9.17) is 4.74 Å². The van der Waals surface area contributed by atoms with Gasteiger partial charge in [-0.2, -0.15) is 0 Å². The molecule has 2 saturated heterocycles. The third kappa shape index (κ3) is 3.44. The van der Waals surface area contributed by atoms with E-state index >= 15 is 0 Å². The minimum Gasteiger partial charge on any atom is -0.396 e. The molecule has 1 unspecified atom stereocenters. The topological polar surface area (TPSA) is 35.9 Å². The summed E-state index contributed by atoms with van der Waals surface area (Å²) in [5.41, 5.74) is 0.0210. The third-order valence-corrected chi connectivity index (χ3v) is 4.52. The van der Waals surface area contributed by atoms with Crippen molar-refractivity contribution in [3.63, 3.8) is 0 Å². The number of rotatable bonds is 6. The van der Waals surface area contributed by atoms with Gasteiger partial charge in [-0.05, 0) is 46.4 Å². The molecule has 4 nitrogen and oxygen atoms in total. The molecule has 2 rings (SSSR count). The van der Waals surface area contributed by atoms with Crippen molar-refractivity contribution in [2.24, 2.45) is 5.41 Å². The predicted molar refractivity (Wildman–Crippen MR) is 72.7 cm³/mol. The Morgan fingerprint density at radius 1 is 1.39 bits per heavy atom. The summed E-state index contributed by atoms with van der Waals surface area (Å²) < 4.78 is 5.25. The van der Waals surface area contributed by atoms with E-state index in [1.54, 1.807) is 0 Å². The monoisotopic (exact) mass is 256 g/mol. The molecule has 18 heavy (non-hydrogen) atoms. The van der Waals surface area contributed by atoms with Gasteiger partial charge in [-0.25, -0.2) is 0 Å². The second kappa shape index (κ2) is 6.33. The number of ether oxygens (including phenoxy) is 1. The molecular weight excluding hydrogens is 228 g/mol. The summed E-state index contributed by atoms with van der Waals surface area (Å²) in [5.74, 6) is 0. The number of hydrogen-bond acceptors (Lipinski definition) is 4. The molecule has 0 aromatic rings. The Kier molecular flexibility index (Phi) is 5.01. The predicted octanol–water partition coefficient (Wildman–Crippen LogP) is 0.802. The zero-order chi connectivity index (χ0) is 13.0. The molecule has 2 aliphatic heterocycles. The zero-order valence-corrected chi connectivity index (χ0v) is 11.9. The second-order valence-electron chi connectivity index (χ2n) is 6.31. The highest BCUT2D eigenvalue weighted by atomic mass is 16.5. The molecule has 0 saturated carbocycles. The summed E-state index contributed by atoms with van der Waals surface area (Å²) >= 11 is 0. The number of aliphatic hydroxyl groups excluding tert-OH is 1. The average Bonchev–Trinajstić information content (AvgIpc) is 2.33. The second-order valence-corrected chi connectivity index (χ2v) is 6.31. The Balaban J connectivity index is 1.69. The summed E-state index contributed by atoms with van der Waals surface area (Å²) in [7, 11) is 4.41. The first-order chi connectivity index (χ1) is 8.65. The summed E-state index contributed by atoms with van der Waals surface area (Å²) in [4.78, 5) is 4.87. The van der Waals surface area contributed by atoms with Crippen molar-refractivity contribution in [1.82, 2.24) is 9.80 Å². The van der Waals surface area contributed by atoms with Crippen LogP contribution in [0.25, 0.3) is 0 Å². The zero-order valence-electron chi connectivity index (χ0n) is 11.9. The van der Waals surface area contributed by atoms with Crippen LogP contribution in [0.2, 0.25) is 0 Å². The van der Waals surface area contributed by atoms with Crippen LogP contribution in [0.5, 0.6) is 0 Å². The van der Waals surface area contributed by atoms with Crippen LogP contribution in [0.3, 0.4) is 0 Å². The minimum absolute atomic E-state index is 0.0210. The van der Waals surface area contributed by atoms with E-state index in [1.807, 2.05) is 0 Å². The highest BCUT2D eigenvalue weighted by molar-refractivity contribution is 4.88. The SMILES string of the molecule is CN(CCC1CCCCN1C)CC1(CO)COC1. The van der Waals surface area contributed by atoms with Crippen molar-refractivity contribution in [3.8, 4) is 0 Å². The number of aliphatic hydroxyl groups is 1. The summed E-state index contributed by atoms with van der Waals surface area (Å²) in [6.07, 6.45) is 5.33. The van der Waals surface area contributed by atoms with Crippen molar-refractivity contribution in [2.75, 3.05) is 53.6 Å². The Labute approximate surface area is 111 Å². The lowest BCUT2D eigenvalue weighted by Gasteiger charge is -2.43. The quantitative estimate of drug-likeness (QED) is 0.762. The maximum atomic E-state index is 9.43. The van der Waals surface area contributed by atoms with Gasteiger partial charge in [0.05, 0.1) is 25.2 Å². The number of likely N-dealkylation sites (tertiary alicyclic amines) is 1. The highest BCUT2D eigenvalue weighted by Gasteiger charge is 2.38. The largest absolute Gasteiger partial charge is 0.396 e. The fraction of sp³-hybridized carbons (Fsp3) is 1.00. The molecule has 0 aliphatic carbocycles. The van der Waals surface area contributed by atoms with E-state index in [0.717, 1.165) is 32.3 Å². The van der Waals surface area contributed by atoms with E-state index in [0.29, 0.717) is 0 Å². The Morgan fingerprint density at radius 3 is 2.72 bits per heavy atom. The average molecular weight is 256 g/mol. The van der Waals surface area contributed by atoms with Crippen molar-refractivity contribution < 1.29 is 9.84 Å². The van der Waals surface area contributed by atoms with Gasteiger partial charge in [0.2, 0.25) is 0 Å². The lowest BCUT2D eigenvalue weighted by Crippen LogP contribution is -2.53. The Morgan fingerprint density at radius 2 is 2.17 bits per heavy atom. The van der Waals surface area contributed by atoms with Crippen LogP contribution in [0.1, 0.15) is 25.7 Å². The van der Waals surface area contributed by atoms with Crippen molar-refractivity contribution in [1.29, 1.82) is 0 Å². The van der Waals surface area contributed by atoms with E-state index in [-0.39, 0.29) is 12.0 Å². The highest BCUT2D eigenvalue weighted by Crippen LogP contribution is 2.27. The van der Waals surface area contributed by atoms with E-state index in [1.165, 1.54) is 32.2 Å². The lowest BCUT2D eigenvalue weighted by atomic mass is 9.86. The molecule has 4 heteroatoms. The van der Waals surface area contributed by atoms with E-state index in [2.05, 4.69) is 23.9 Å². The van der Waals surface area contributed by atoms with Crippen LogP contribution in [0, 0.1) is 5.41 Å². The van der Waals surface area contributed by atoms with Crippen molar-refractivity contribution >= 4 is 0 Å². The van der Waals surface area contributed by atoms with Gasteiger partial charge in [-0.1, -0.05) is 6.42 Å². The molecule has 0 bridgehead atoms. The van der Waals surface area contributed by atoms with Crippen LogP contribution >= 0.6 is 0 Å². The molecule has 1 atom stereocenters. The number of nitrogens with zero attached hydrogens (tertiary/aromatic N) is 2. The smallest absolute Gasteiger partial charge is 0.0579 e. The first-order valence-corrected chi connectivity index (χ1v) is 7.23.